The molecule has 2 heterocycles. The number of nitrogens with zero attached hydrogens (tertiary/aromatic N) is 1. The van der Waals surface area contributed by atoms with Crippen molar-refractivity contribution in [1.29, 1.82) is 0 Å². The van der Waals surface area contributed by atoms with Crippen molar-refractivity contribution in [2.24, 2.45) is 0 Å². The van der Waals surface area contributed by atoms with Gasteiger partial charge in [-0.3, -0.25) is 4.79 Å². The summed E-state index contributed by atoms with van der Waals surface area (Å²) in [6, 6.07) is 13.7. The highest BCUT2D eigenvalue weighted by molar-refractivity contribution is 7.89. The molecule has 9 heteroatoms. The molecule has 0 bridgehead atoms. The number of fused-ring (bicyclic) bond motifs is 1. The zero-order valence-electron chi connectivity index (χ0n) is 18.0. The Labute approximate surface area is 186 Å². The van der Waals surface area contributed by atoms with Gasteiger partial charge in [-0.1, -0.05) is 17.7 Å². The Balaban J connectivity index is 1.70. The topological polar surface area (TPSA) is 97.9 Å². The summed E-state index contributed by atoms with van der Waals surface area (Å²) in [5, 5.41) is 0.783. The summed E-state index contributed by atoms with van der Waals surface area (Å²) in [6.07, 6.45) is -0.409. The van der Waals surface area contributed by atoms with Crippen molar-refractivity contribution >= 4 is 20.9 Å². The van der Waals surface area contributed by atoms with Crippen LogP contribution in [0.15, 0.2) is 58.2 Å². The summed E-state index contributed by atoms with van der Waals surface area (Å²) in [4.78, 5) is 15.8. The van der Waals surface area contributed by atoms with Crippen LogP contribution in [0.25, 0.3) is 10.9 Å². The highest BCUT2D eigenvalue weighted by Crippen LogP contribution is 2.22. The second-order valence-electron chi connectivity index (χ2n) is 7.76. The number of H-pyrrole nitrogens is 1. The predicted octanol–water partition coefficient (Wildman–Crippen LogP) is 2.45. The molecule has 0 saturated carbocycles. The van der Waals surface area contributed by atoms with Crippen LogP contribution in [-0.4, -0.2) is 57.3 Å². The molecule has 1 unspecified atom stereocenters. The van der Waals surface area contributed by atoms with Gasteiger partial charge in [-0.15, -0.1) is 0 Å². The number of rotatable bonds is 7. The molecule has 32 heavy (non-hydrogen) atoms. The van der Waals surface area contributed by atoms with Crippen molar-refractivity contribution in [3.05, 3.63) is 70.0 Å². The first-order valence-corrected chi connectivity index (χ1v) is 11.8. The van der Waals surface area contributed by atoms with Crippen molar-refractivity contribution in [1.82, 2.24) is 9.29 Å². The molecule has 1 fully saturated rings. The molecule has 1 aromatic heterocycles. The van der Waals surface area contributed by atoms with E-state index in [2.05, 4.69) is 4.98 Å². The summed E-state index contributed by atoms with van der Waals surface area (Å²) in [7, 11) is -2.32. The molecule has 2 aromatic carbocycles. The molecule has 3 aromatic rings. The zero-order valence-corrected chi connectivity index (χ0v) is 18.9. The molecule has 1 aliphatic heterocycles. The molecule has 0 aliphatic carbocycles. The van der Waals surface area contributed by atoms with E-state index in [1.165, 1.54) is 4.31 Å². The third-order valence-corrected chi connectivity index (χ3v) is 7.25. The van der Waals surface area contributed by atoms with Crippen LogP contribution in [0.3, 0.4) is 0 Å². The molecule has 0 amide bonds. The third-order valence-electron chi connectivity index (χ3n) is 5.43. The van der Waals surface area contributed by atoms with Crippen LogP contribution >= 0.6 is 0 Å². The number of aryl methyl sites for hydroxylation is 1. The number of sulfonamides is 1. The van der Waals surface area contributed by atoms with Crippen LogP contribution in [0.5, 0.6) is 5.75 Å². The molecule has 1 atom stereocenters. The summed E-state index contributed by atoms with van der Waals surface area (Å²) >= 11 is 0. The quantitative estimate of drug-likeness (QED) is 0.584. The average Bonchev–Trinajstić information content (AvgIpc) is 2.79. The number of aromatic nitrogens is 1. The zero-order chi connectivity index (χ0) is 22.7. The lowest BCUT2D eigenvalue weighted by Gasteiger charge is -2.29. The van der Waals surface area contributed by atoms with Crippen LogP contribution in [0, 0.1) is 6.92 Å². The van der Waals surface area contributed by atoms with E-state index in [1.807, 2.05) is 13.0 Å². The van der Waals surface area contributed by atoms with Gasteiger partial charge in [0, 0.05) is 24.7 Å². The Kier molecular flexibility index (Phi) is 6.61. The van der Waals surface area contributed by atoms with Crippen molar-refractivity contribution in [3.8, 4) is 5.75 Å². The normalized spacial score (nSPS) is 17.0. The van der Waals surface area contributed by atoms with E-state index in [1.54, 1.807) is 49.6 Å². The fourth-order valence-electron chi connectivity index (χ4n) is 3.64. The Morgan fingerprint density at radius 2 is 1.91 bits per heavy atom. The molecule has 0 spiro atoms. The average molecular weight is 459 g/mol. The Morgan fingerprint density at radius 3 is 2.59 bits per heavy atom. The Hall–Kier alpha value is -2.72. The minimum absolute atomic E-state index is 0.0797. The van der Waals surface area contributed by atoms with Gasteiger partial charge in [0.05, 0.1) is 43.4 Å². The van der Waals surface area contributed by atoms with Gasteiger partial charge in [0.25, 0.3) is 5.56 Å². The minimum Gasteiger partial charge on any atom is -0.497 e. The summed E-state index contributed by atoms with van der Waals surface area (Å²) < 4.78 is 44.6. The van der Waals surface area contributed by atoms with Gasteiger partial charge < -0.3 is 19.2 Å². The molecule has 1 saturated heterocycles. The maximum atomic E-state index is 13.5. The first-order valence-electron chi connectivity index (χ1n) is 10.3. The summed E-state index contributed by atoms with van der Waals surface area (Å²) in [5.41, 5.74) is 1.57. The lowest BCUT2D eigenvalue weighted by molar-refractivity contribution is -0.0923. The minimum atomic E-state index is -3.87. The summed E-state index contributed by atoms with van der Waals surface area (Å²) in [6.45, 7) is 3.07. The maximum absolute atomic E-state index is 13.5. The van der Waals surface area contributed by atoms with Gasteiger partial charge in [0.15, 0.2) is 0 Å². The Bertz CT molecular complexity index is 1250. The maximum Gasteiger partial charge on any atom is 0.252 e. The molecular formula is C23H26N2O6S. The molecule has 1 aliphatic rings. The van der Waals surface area contributed by atoms with E-state index in [0.717, 1.165) is 10.9 Å². The SMILES string of the molecule is COc1ccc2cc(CN(CC3COCCO3)S(=O)(=O)c3ccc(C)cc3)c(=O)[nH]c2c1. The van der Waals surface area contributed by atoms with Crippen molar-refractivity contribution < 1.29 is 22.6 Å². The second kappa shape index (κ2) is 9.41. The van der Waals surface area contributed by atoms with Crippen molar-refractivity contribution in [2.45, 2.75) is 24.5 Å². The number of benzene rings is 2. The first kappa shape index (κ1) is 22.5. The van der Waals surface area contributed by atoms with Gasteiger partial charge in [-0.25, -0.2) is 8.42 Å². The monoisotopic (exact) mass is 458 g/mol. The second-order valence-corrected chi connectivity index (χ2v) is 9.69. The largest absolute Gasteiger partial charge is 0.497 e. The molecular weight excluding hydrogens is 432 g/mol. The number of aromatic amines is 1. The highest BCUT2D eigenvalue weighted by atomic mass is 32.2. The molecule has 170 valence electrons. The van der Waals surface area contributed by atoms with Crippen LogP contribution < -0.4 is 10.3 Å². The van der Waals surface area contributed by atoms with E-state index in [4.69, 9.17) is 14.2 Å². The fourth-order valence-corrected chi connectivity index (χ4v) is 5.09. The fraction of sp³-hybridized carbons (Fsp3) is 0.348. The van der Waals surface area contributed by atoms with Gasteiger partial charge in [0.2, 0.25) is 10.0 Å². The van der Waals surface area contributed by atoms with Gasteiger partial charge >= 0.3 is 0 Å². The van der Waals surface area contributed by atoms with E-state index < -0.39 is 16.1 Å². The molecule has 1 N–H and O–H groups in total. The van der Waals surface area contributed by atoms with Crippen LogP contribution in [0.4, 0.5) is 0 Å². The van der Waals surface area contributed by atoms with Crippen LogP contribution in [0.2, 0.25) is 0 Å². The van der Waals surface area contributed by atoms with Gasteiger partial charge in [0.1, 0.15) is 5.75 Å². The van der Waals surface area contributed by atoms with E-state index in [0.29, 0.717) is 36.7 Å². The predicted molar refractivity (Wildman–Crippen MR) is 120 cm³/mol. The number of ether oxygens (including phenoxy) is 3. The number of hydrogen-bond acceptors (Lipinski definition) is 6. The first-order chi connectivity index (χ1) is 15.4. The van der Waals surface area contributed by atoms with Crippen LogP contribution in [-0.2, 0) is 26.0 Å². The lowest BCUT2D eigenvalue weighted by atomic mass is 10.1. The molecule has 4 rings (SSSR count). The standard InChI is InChI=1S/C23H26N2O6S/c1-16-3-7-21(8-4-16)32(27,28)25(14-20-15-30-9-10-31-20)13-18-11-17-5-6-19(29-2)12-22(17)24-23(18)26/h3-8,11-12,20H,9-10,13-15H2,1-2H3,(H,24,26). The smallest absolute Gasteiger partial charge is 0.252 e. The third kappa shape index (κ3) is 4.86. The van der Waals surface area contributed by atoms with Crippen molar-refractivity contribution in [3.63, 3.8) is 0 Å². The molecule has 8 nitrogen and oxygen atoms in total. The number of nitrogens with one attached hydrogen (secondary N) is 1. The Morgan fingerprint density at radius 1 is 1.12 bits per heavy atom. The van der Waals surface area contributed by atoms with E-state index >= 15 is 0 Å². The number of hydrogen-bond donors (Lipinski definition) is 1. The number of pyridine rings is 1. The van der Waals surface area contributed by atoms with Crippen molar-refractivity contribution in [2.75, 3.05) is 33.5 Å². The number of methoxy groups -OCH3 is 1. The lowest BCUT2D eigenvalue weighted by Crippen LogP contribution is -2.43. The molecule has 0 radical (unpaired) electrons. The summed E-state index contributed by atoms with van der Waals surface area (Å²) in [5.74, 6) is 0.624. The highest BCUT2D eigenvalue weighted by Gasteiger charge is 2.29. The van der Waals surface area contributed by atoms with E-state index in [9.17, 15) is 13.2 Å². The van der Waals surface area contributed by atoms with Crippen LogP contribution in [0.1, 0.15) is 11.1 Å². The van der Waals surface area contributed by atoms with Gasteiger partial charge in [-0.05, 0) is 42.6 Å². The van der Waals surface area contributed by atoms with E-state index in [-0.39, 0.29) is 23.5 Å². The van der Waals surface area contributed by atoms with Gasteiger partial charge in [-0.2, -0.15) is 4.31 Å².